The van der Waals surface area contributed by atoms with E-state index in [4.69, 9.17) is 4.74 Å². The SMILES string of the molecule is COc1ccc(N2CCN(c3cc(=O)[nH]cn3)CC2)cc1. The number of benzene rings is 1. The zero-order chi connectivity index (χ0) is 14.7. The number of hydrogen-bond acceptors (Lipinski definition) is 5. The van der Waals surface area contributed by atoms with Crippen LogP contribution in [0.4, 0.5) is 11.5 Å². The van der Waals surface area contributed by atoms with Gasteiger partial charge in [-0.1, -0.05) is 0 Å². The maximum absolute atomic E-state index is 11.3. The summed E-state index contributed by atoms with van der Waals surface area (Å²) >= 11 is 0. The number of H-pyrrole nitrogens is 1. The molecule has 1 aromatic carbocycles. The lowest BCUT2D eigenvalue weighted by molar-refractivity contribution is 0.415. The van der Waals surface area contributed by atoms with Crippen molar-refractivity contribution in [1.82, 2.24) is 9.97 Å². The molecule has 1 aromatic heterocycles. The normalized spacial score (nSPS) is 15.1. The average molecular weight is 286 g/mol. The third kappa shape index (κ3) is 2.99. The van der Waals surface area contributed by atoms with Crippen molar-refractivity contribution in [2.75, 3.05) is 43.1 Å². The second-order valence-electron chi connectivity index (χ2n) is 4.94. The molecule has 0 atom stereocenters. The van der Waals surface area contributed by atoms with E-state index < -0.39 is 0 Å². The zero-order valence-electron chi connectivity index (χ0n) is 12.0. The van der Waals surface area contributed by atoms with Gasteiger partial charge in [-0.25, -0.2) is 4.98 Å². The summed E-state index contributed by atoms with van der Waals surface area (Å²) in [5, 5.41) is 0. The number of aromatic amines is 1. The molecule has 21 heavy (non-hydrogen) atoms. The smallest absolute Gasteiger partial charge is 0.252 e. The molecule has 3 rings (SSSR count). The molecule has 0 spiro atoms. The van der Waals surface area contributed by atoms with Gasteiger partial charge in [-0.2, -0.15) is 0 Å². The fourth-order valence-electron chi connectivity index (χ4n) is 2.52. The van der Waals surface area contributed by atoms with Gasteiger partial charge in [0.2, 0.25) is 0 Å². The van der Waals surface area contributed by atoms with Gasteiger partial charge in [0.15, 0.2) is 0 Å². The first-order valence-corrected chi connectivity index (χ1v) is 6.95. The third-order valence-electron chi connectivity index (χ3n) is 3.71. The van der Waals surface area contributed by atoms with E-state index in [2.05, 4.69) is 31.9 Å². The van der Waals surface area contributed by atoms with Gasteiger partial charge in [0.1, 0.15) is 11.6 Å². The van der Waals surface area contributed by atoms with Crippen LogP contribution in [-0.2, 0) is 0 Å². The summed E-state index contributed by atoms with van der Waals surface area (Å²) in [5.41, 5.74) is 1.08. The molecule has 0 aliphatic carbocycles. The van der Waals surface area contributed by atoms with Crippen molar-refractivity contribution >= 4 is 11.5 Å². The van der Waals surface area contributed by atoms with E-state index in [9.17, 15) is 4.79 Å². The van der Waals surface area contributed by atoms with Gasteiger partial charge < -0.3 is 19.5 Å². The van der Waals surface area contributed by atoms with Crippen LogP contribution in [0.5, 0.6) is 5.75 Å². The van der Waals surface area contributed by atoms with Gasteiger partial charge in [0, 0.05) is 37.9 Å². The zero-order valence-corrected chi connectivity index (χ0v) is 12.0. The minimum atomic E-state index is -0.113. The van der Waals surface area contributed by atoms with E-state index in [-0.39, 0.29) is 5.56 Å². The van der Waals surface area contributed by atoms with Crippen LogP contribution in [0.3, 0.4) is 0 Å². The molecule has 0 saturated carbocycles. The van der Waals surface area contributed by atoms with E-state index in [0.717, 1.165) is 37.7 Å². The van der Waals surface area contributed by atoms with Gasteiger partial charge in [0.25, 0.3) is 5.56 Å². The highest BCUT2D eigenvalue weighted by Crippen LogP contribution is 2.21. The molecule has 6 nitrogen and oxygen atoms in total. The molecular formula is C15H18N4O2. The van der Waals surface area contributed by atoms with E-state index in [1.54, 1.807) is 13.2 Å². The van der Waals surface area contributed by atoms with Crippen LogP contribution in [0.25, 0.3) is 0 Å². The summed E-state index contributed by atoms with van der Waals surface area (Å²) in [6, 6.07) is 9.63. The number of nitrogens with one attached hydrogen (secondary N) is 1. The molecule has 0 amide bonds. The molecule has 1 aliphatic heterocycles. The quantitative estimate of drug-likeness (QED) is 0.915. The number of nitrogens with zero attached hydrogens (tertiary/aromatic N) is 3. The Morgan fingerprint density at radius 2 is 1.76 bits per heavy atom. The molecule has 1 saturated heterocycles. The molecule has 2 heterocycles. The Morgan fingerprint density at radius 3 is 2.38 bits per heavy atom. The molecule has 1 fully saturated rings. The lowest BCUT2D eigenvalue weighted by atomic mass is 10.2. The number of hydrogen-bond donors (Lipinski definition) is 1. The van der Waals surface area contributed by atoms with Crippen molar-refractivity contribution in [3.63, 3.8) is 0 Å². The monoisotopic (exact) mass is 286 g/mol. The Hall–Kier alpha value is -2.50. The molecule has 0 radical (unpaired) electrons. The standard InChI is InChI=1S/C15H18N4O2/c1-21-13-4-2-12(3-5-13)18-6-8-19(9-7-18)14-10-15(20)17-11-16-14/h2-5,10-11H,6-9H2,1H3,(H,16,17,20). The van der Waals surface area contributed by atoms with E-state index in [1.165, 1.54) is 12.0 Å². The maximum Gasteiger partial charge on any atom is 0.252 e. The maximum atomic E-state index is 11.3. The highest BCUT2D eigenvalue weighted by molar-refractivity contribution is 5.51. The average Bonchev–Trinajstić information content (AvgIpc) is 2.55. The van der Waals surface area contributed by atoms with Crippen LogP contribution in [0, 0.1) is 0 Å². The molecule has 1 aliphatic rings. The van der Waals surface area contributed by atoms with E-state index in [0.29, 0.717) is 0 Å². The first-order valence-electron chi connectivity index (χ1n) is 6.95. The van der Waals surface area contributed by atoms with Gasteiger partial charge >= 0.3 is 0 Å². The summed E-state index contributed by atoms with van der Waals surface area (Å²) in [7, 11) is 1.67. The molecule has 6 heteroatoms. The Labute approximate surface area is 123 Å². The fraction of sp³-hybridized carbons (Fsp3) is 0.333. The molecule has 0 bridgehead atoms. The molecule has 1 N–H and O–H groups in total. The Balaban J connectivity index is 1.65. The van der Waals surface area contributed by atoms with Crippen LogP contribution in [0.1, 0.15) is 0 Å². The van der Waals surface area contributed by atoms with E-state index in [1.807, 2.05) is 12.1 Å². The van der Waals surface area contributed by atoms with Gasteiger partial charge in [-0.3, -0.25) is 4.79 Å². The van der Waals surface area contributed by atoms with Crippen molar-refractivity contribution in [1.29, 1.82) is 0 Å². The minimum Gasteiger partial charge on any atom is -0.497 e. The second-order valence-corrected chi connectivity index (χ2v) is 4.94. The van der Waals surface area contributed by atoms with Crippen LogP contribution in [0.15, 0.2) is 41.5 Å². The number of aromatic nitrogens is 2. The predicted molar refractivity (Wildman–Crippen MR) is 82.3 cm³/mol. The largest absolute Gasteiger partial charge is 0.497 e. The number of ether oxygens (including phenoxy) is 1. The van der Waals surface area contributed by atoms with Crippen molar-refractivity contribution < 1.29 is 4.74 Å². The molecule has 0 unspecified atom stereocenters. The van der Waals surface area contributed by atoms with Crippen LogP contribution in [0.2, 0.25) is 0 Å². The van der Waals surface area contributed by atoms with Crippen LogP contribution >= 0.6 is 0 Å². The van der Waals surface area contributed by atoms with Crippen molar-refractivity contribution in [3.05, 3.63) is 47.0 Å². The van der Waals surface area contributed by atoms with Gasteiger partial charge in [0.05, 0.1) is 13.4 Å². The third-order valence-corrected chi connectivity index (χ3v) is 3.71. The van der Waals surface area contributed by atoms with Gasteiger partial charge in [-0.05, 0) is 24.3 Å². The number of methoxy groups -OCH3 is 1. The summed E-state index contributed by atoms with van der Waals surface area (Å²) in [6.07, 6.45) is 1.45. The second kappa shape index (κ2) is 5.87. The Morgan fingerprint density at radius 1 is 1.10 bits per heavy atom. The van der Waals surface area contributed by atoms with Crippen LogP contribution < -0.4 is 20.1 Å². The number of rotatable bonds is 3. The van der Waals surface area contributed by atoms with Crippen molar-refractivity contribution in [2.45, 2.75) is 0 Å². The molecule has 2 aromatic rings. The summed E-state index contributed by atoms with van der Waals surface area (Å²) < 4.78 is 5.18. The summed E-state index contributed by atoms with van der Waals surface area (Å²) in [5.74, 6) is 1.61. The Kier molecular flexibility index (Phi) is 3.77. The van der Waals surface area contributed by atoms with Crippen molar-refractivity contribution in [3.8, 4) is 5.75 Å². The lowest BCUT2D eigenvalue weighted by Crippen LogP contribution is -2.47. The number of piperazine rings is 1. The predicted octanol–water partition coefficient (Wildman–Crippen LogP) is 1.11. The molecular weight excluding hydrogens is 268 g/mol. The number of anilines is 2. The lowest BCUT2D eigenvalue weighted by Gasteiger charge is -2.36. The highest BCUT2D eigenvalue weighted by Gasteiger charge is 2.18. The summed E-state index contributed by atoms with van der Waals surface area (Å²) in [6.45, 7) is 3.51. The molecule has 110 valence electrons. The topological polar surface area (TPSA) is 61.5 Å². The van der Waals surface area contributed by atoms with Gasteiger partial charge in [-0.15, -0.1) is 0 Å². The first-order chi connectivity index (χ1) is 10.3. The minimum absolute atomic E-state index is 0.113. The summed E-state index contributed by atoms with van der Waals surface area (Å²) in [4.78, 5) is 22.6. The van der Waals surface area contributed by atoms with Crippen LogP contribution in [-0.4, -0.2) is 43.3 Å². The van der Waals surface area contributed by atoms with Crippen molar-refractivity contribution in [2.24, 2.45) is 0 Å². The highest BCUT2D eigenvalue weighted by atomic mass is 16.5. The fourth-order valence-corrected chi connectivity index (χ4v) is 2.52. The first kappa shape index (κ1) is 13.5. The Bertz CT molecular complexity index is 645. The van der Waals surface area contributed by atoms with E-state index >= 15 is 0 Å².